The van der Waals surface area contributed by atoms with E-state index in [-0.39, 0.29) is 12.4 Å². The summed E-state index contributed by atoms with van der Waals surface area (Å²) in [6, 6.07) is 0. The minimum atomic E-state index is 0. The Bertz CT molecular complexity index is 9.61. The third-order valence-electron chi connectivity index (χ3n) is 0.204. The first-order chi connectivity index (χ1) is 1.91. The lowest BCUT2D eigenvalue weighted by Crippen LogP contribution is -3.00. The summed E-state index contributed by atoms with van der Waals surface area (Å²) < 4.78 is 0. The summed E-state index contributed by atoms with van der Waals surface area (Å²) in [5.74, 6) is 0. The van der Waals surface area contributed by atoms with Gasteiger partial charge in [-0.15, -0.1) is 0 Å². The molecule has 0 atom stereocenters. The van der Waals surface area contributed by atoms with Crippen LogP contribution in [-0.2, 0) is 0 Å². The number of quaternary nitrogens is 1. The van der Waals surface area contributed by atoms with Crippen molar-refractivity contribution in [2.75, 3.05) is 13.1 Å². The van der Waals surface area contributed by atoms with Crippen LogP contribution in [0, 0.1) is 0 Å². The van der Waals surface area contributed by atoms with E-state index in [0.29, 0.717) is 6.54 Å². The third-order valence-corrected chi connectivity index (χ3v) is 0.204. The molecule has 0 unspecified atom stereocenters. The highest BCUT2D eigenvalue weighted by Crippen LogP contribution is 1.19. The zero-order chi connectivity index (χ0) is 3.41. The van der Waals surface area contributed by atoms with Gasteiger partial charge >= 0.3 is 0 Å². The number of hydrogen-bond acceptors (Lipinski definition) is 1. The predicted molar refractivity (Wildman–Crippen MR) is 16.8 cm³/mol. The Kier molecular flexibility index (Phi) is 15.9. The molecular formula is C2H9ClN2. The van der Waals surface area contributed by atoms with Crippen LogP contribution in [0.3, 0.4) is 0 Å². The fourth-order valence-electron chi connectivity index (χ4n) is 0. The molecule has 0 fully saturated rings. The van der Waals surface area contributed by atoms with E-state index in [1.165, 1.54) is 0 Å². The van der Waals surface area contributed by atoms with Crippen molar-refractivity contribution < 1.29 is 18.1 Å². The van der Waals surface area contributed by atoms with E-state index in [0.717, 1.165) is 6.54 Å². The first kappa shape index (κ1) is 8.96. The normalized spacial score (nSPS) is 6.00. The minimum absolute atomic E-state index is 0. The van der Waals surface area contributed by atoms with Crippen molar-refractivity contribution in [2.24, 2.45) is 5.73 Å². The average Bonchev–Trinajstić information content (AvgIpc) is 1.37. The van der Waals surface area contributed by atoms with Gasteiger partial charge in [0.15, 0.2) is 0 Å². The quantitative estimate of drug-likeness (QED) is 0.338. The molecule has 0 aromatic rings. The van der Waals surface area contributed by atoms with Gasteiger partial charge in [-0.25, -0.2) is 0 Å². The second-order valence-electron chi connectivity index (χ2n) is 0.642. The Morgan fingerprint density at radius 2 is 1.80 bits per heavy atom. The monoisotopic (exact) mass is 96.0 g/mol. The summed E-state index contributed by atoms with van der Waals surface area (Å²) in [5.41, 5.74) is 8.44. The van der Waals surface area contributed by atoms with E-state index in [1.807, 2.05) is 0 Å². The van der Waals surface area contributed by atoms with E-state index < -0.39 is 0 Å². The Labute approximate surface area is 37.9 Å². The van der Waals surface area contributed by atoms with Crippen LogP contribution in [0.4, 0.5) is 0 Å². The maximum atomic E-state index is 4.97. The van der Waals surface area contributed by atoms with Gasteiger partial charge in [-0.1, -0.05) is 0 Å². The molecule has 2 nitrogen and oxygen atoms in total. The van der Waals surface area contributed by atoms with E-state index in [2.05, 4.69) is 5.73 Å². The van der Waals surface area contributed by atoms with Crippen molar-refractivity contribution in [1.82, 2.24) is 0 Å². The molecule has 0 bridgehead atoms. The molecule has 0 spiro atoms. The Morgan fingerprint density at radius 1 is 1.60 bits per heavy atom. The predicted octanol–water partition coefficient (Wildman–Crippen LogP) is -4.81. The van der Waals surface area contributed by atoms with Crippen LogP contribution >= 0.6 is 0 Å². The number of rotatable bonds is 1. The molecule has 0 aliphatic rings. The molecule has 3 heteroatoms. The average molecular weight is 96.6 g/mol. The van der Waals surface area contributed by atoms with Crippen LogP contribution in [-0.4, -0.2) is 13.1 Å². The van der Waals surface area contributed by atoms with E-state index in [1.54, 1.807) is 0 Å². The van der Waals surface area contributed by atoms with Crippen molar-refractivity contribution in [3.05, 3.63) is 0 Å². The molecule has 0 aliphatic heterocycles. The minimum Gasteiger partial charge on any atom is -1.00 e. The maximum Gasteiger partial charge on any atom is 0.0864 e. The third kappa shape index (κ3) is 14.0. The number of halogens is 1. The molecule has 0 aromatic carbocycles. The molecule has 0 amide bonds. The van der Waals surface area contributed by atoms with Crippen LogP contribution in [0.15, 0.2) is 0 Å². The van der Waals surface area contributed by atoms with Crippen molar-refractivity contribution >= 4 is 0 Å². The highest BCUT2D eigenvalue weighted by molar-refractivity contribution is 4.15. The number of hydrogen-bond donors (Lipinski definition) is 2. The second-order valence-corrected chi connectivity index (χ2v) is 0.642. The highest BCUT2D eigenvalue weighted by Gasteiger charge is 1.59. The van der Waals surface area contributed by atoms with Crippen molar-refractivity contribution in [3.63, 3.8) is 0 Å². The molecule has 0 saturated carbocycles. The molecule has 0 radical (unpaired) electrons. The molecule has 0 rings (SSSR count). The standard InChI is InChI=1S/C2H8N2.ClH/c3-1-2-4;/h1-4H2;1H. The lowest BCUT2D eigenvalue weighted by molar-refractivity contribution is -0.363. The SMILES string of the molecule is NCC[NH3+].[Cl-]. The highest BCUT2D eigenvalue weighted by atomic mass is 35.5. The Morgan fingerprint density at radius 3 is 1.80 bits per heavy atom. The van der Waals surface area contributed by atoms with Gasteiger partial charge in [-0.05, 0) is 0 Å². The molecule has 0 aromatic heterocycles. The largest absolute Gasteiger partial charge is 1.00 e. The summed E-state index contributed by atoms with van der Waals surface area (Å²) in [4.78, 5) is 0. The lowest BCUT2D eigenvalue weighted by atomic mass is 10.7. The zero-order valence-electron chi connectivity index (χ0n) is 3.08. The molecule has 5 N–H and O–H groups in total. The van der Waals surface area contributed by atoms with Crippen molar-refractivity contribution in [1.29, 1.82) is 0 Å². The molecule has 0 aliphatic carbocycles. The second kappa shape index (κ2) is 8.88. The Hall–Kier alpha value is 0.210. The van der Waals surface area contributed by atoms with Gasteiger partial charge in [0, 0.05) is 6.54 Å². The maximum absolute atomic E-state index is 4.97. The summed E-state index contributed by atoms with van der Waals surface area (Å²) >= 11 is 0. The summed E-state index contributed by atoms with van der Waals surface area (Å²) in [5, 5.41) is 0. The van der Waals surface area contributed by atoms with Crippen LogP contribution in [0.2, 0.25) is 0 Å². The lowest BCUT2D eigenvalue weighted by Gasteiger charge is -1.68. The fraction of sp³-hybridized carbons (Fsp3) is 1.00. The van der Waals surface area contributed by atoms with Crippen molar-refractivity contribution in [2.45, 2.75) is 0 Å². The van der Waals surface area contributed by atoms with Crippen LogP contribution in [0.25, 0.3) is 0 Å². The van der Waals surface area contributed by atoms with Gasteiger partial charge in [-0.2, -0.15) is 0 Å². The molecule has 0 heterocycles. The molecule has 0 saturated heterocycles. The number of nitrogens with two attached hydrogens (primary N) is 1. The van der Waals surface area contributed by atoms with Crippen molar-refractivity contribution in [3.8, 4) is 0 Å². The van der Waals surface area contributed by atoms with E-state index >= 15 is 0 Å². The van der Waals surface area contributed by atoms with Gasteiger partial charge in [0.25, 0.3) is 0 Å². The molecule has 5 heavy (non-hydrogen) atoms. The van der Waals surface area contributed by atoms with Crippen LogP contribution in [0.1, 0.15) is 0 Å². The molecule has 34 valence electrons. The van der Waals surface area contributed by atoms with E-state index in [9.17, 15) is 0 Å². The first-order valence-electron chi connectivity index (χ1n) is 1.41. The van der Waals surface area contributed by atoms with Crippen LogP contribution < -0.4 is 23.9 Å². The fourth-order valence-corrected chi connectivity index (χ4v) is 0. The summed E-state index contributed by atoms with van der Waals surface area (Å²) in [7, 11) is 0. The topological polar surface area (TPSA) is 53.7 Å². The van der Waals surface area contributed by atoms with Gasteiger partial charge in [-0.3, -0.25) is 0 Å². The summed E-state index contributed by atoms with van der Waals surface area (Å²) in [6.45, 7) is 1.56. The van der Waals surface area contributed by atoms with Crippen LogP contribution in [0.5, 0.6) is 0 Å². The van der Waals surface area contributed by atoms with Gasteiger partial charge < -0.3 is 23.9 Å². The van der Waals surface area contributed by atoms with E-state index in [4.69, 9.17) is 5.73 Å². The molecular weight excluding hydrogens is 87.5 g/mol. The zero-order valence-corrected chi connectivity index (χ0v) is 3.83. The summed E-state index contributed by atoms with van der Waals surface area (Å²) in [6.07, 6.45) is 0. The van der Waals surface area contributed by atoms with Gasteiger partial charge in [0.2, 0.25) is 0 Å². The first-order valence-corrected chi connectivity index (χ1v) is 1.41. The smallest absolute Gasteiger partial charge is 0.0864 e. The van der Waals surface area contributed by atoms with Gasteiger partial charge in [0.05, 0.1) is 6.54 Å². The Balaban J connectivity index is 0. The van der Waals surface area contributed by atoms with Gasteiger partial charge in [0.1, 0.15) is 0 Å².